The summed E-state index contributed by atoms with van der Waals surface area (Å²) in [5.74, 6) is 0.223. The number of nitrogens with zero attached hydrogens (tertiary/aromatic N) is 1. The van der Waals surface area contributed by atoms with Gasteiger partial charge in [0.15, 0.2) is 0 Å². The number of amides is 1. The number of hydrogen-bond acceptors (Lipinski definition) is 4. The minimum absolute atomic E-state index is 0.00862. The Morgan fingerprint density at radius 2 is 2.12 bits per heavy atom. The number of carbonyl (C=O) groups is 1. The molecule has 4 nitrogen and oxygen atoms in total. The van der Waals surface area contributed by atoms with Gasteiger partial charge < -0.3 is 10.4 Å². The number of nitrogens with one attached hydrogen (secondary N) is 1. The third kappa shape index (κ3) is 3.78. The first kappa shape index (κ1) is 14.1. The van der Waals surface area contributed by atoms with Gasteiger partial charge in [-0.3, -0.25) is 4.79 Å². The van der Waals surface area contributed by atoms with Crippen LogP contribution in [0.25, 0.3) is 0 Å². The van der Waals surface area contributed by atoms with Crippen LogP contribution in [0.5, 0.6) is 0 Å². The summed E-state index contributed by atoms with van der Waals surface area (Å²) in [6.45, 7) is 7.89. The molecule has 1 aromatic rings. The lowest BCUT2D eigenvalue weighted by molar-refractivity contribution is 0.0920. The van der Waals surface area contributed by atoms with E-state index < -0.39 is 0 Å². The number of thiazole rings is 1. The van der Waals surface area contributed by atoms with Gasteiger partial charge in [-0.2, -0.15) is 0 Å². The second-order valence-corrected chi connectivity index (χ2v) is 5.69. The van der Waals surface area contributed by atoms with Crippen molar-refractivity contribution in [2.45, 2.75) is 40.2 Å². The zero-order valence-corrected chi connectivity index (χ0v) is 11.6. The molecule has 1 aromatic heterocycles. The summed E-state index contributed by atoms with van der Waals surface area (Å²) in [5.41, 5.74) is 0.775. The summed E-state index contributed by atoms with van der Waals surface area (Å²) in [6, 6.07) is 0.00862. The van der Waals surface area contributed by atoms with Crippen molar-refractivity contribution in [2.24, 2.45) is 5.92 Å². The van der Waals surface area contributed by atoms with Crippen LogP contribution in [0.1, 0.15) is 40.6 Å². The fourth-order valence-electron chi connectivity index (χ4n) is 1.69. The van der Waals surface area contributed by atoms with E-state index in [0.29, 0.717) is 17.2 Å². The van der Waals surface area contributed by atoms with Crippen molar-refractivity contribution >= 4 is 17.2 Å². The molecule has 0 saturated heterocycles. The zero-order chi connectivity index (χ0) is 13.0. The molecule has 0 aliphatic carbocycles. The van der Waals surface area contributed by atoms with Gasteiger partial charge in [-0.05, 0) is 26.2 Å². The minimum atomic E-state index is -0.0831. The Kier molecular flexibility index (Phi) is 5.08. The number of aromatic nitrogens is 1. The zero-order valence-electron chi connectivity index (χ0n) is 10.8. The lowest BCUT2D eigenvalue weighted by Crippen LogP contribution is -2.39. The Morgan fingerprint density at radius 1 is 1.47 bits per heavy atom. The molecule has 17 heavy (non-hydrogen) atoms. The highest BCUT2D eigenvalue weighted by molar-refractivity contribution is 7.13. The third-order valence-corrected chi connectivity index (χ3v) is 3.74. The van der Waals surface area contributed by atoms with E-state index in [1.807, 2.05) is 27.7 Å². The van der Waals surface area contributed by atoms with E-state index >= 15 is 0 Å². The van der Waals surface area contributed by atoms with Crippen molar-refractivity contribution in [3.63, 3.8) is 0 Å². The maximum absolute atomic E-state index is 12.0. The summed E-state index contributed by atoms with van der Waals surface area (Å²) in [5, 5.41) is 12.8. The molecule has 5 heteroatoms. The van der Waals surface area contributed by atoms with Crippen molar-refractivity contribution in [3.8, 4) is 0 Å². The quantitative estimate of drug-likeness (QED) is 0.845. The van der Waals surface area contributed by atoms with Crippen LogP contribution >= 0.6 is 11.3 Å². The summed E-state index contributed by atoms with van der Waals surface area (Å²) >= 11 is 1.41. The molecule has 0 radical (unpaired) electrons. The first-order chi connectivity index (χ1) is 7.95. The molecule has 1 atom stereocenters. The highest BCUT2D eigenvalue weighted by Crippen LogP contribution is 2.17. The molecule has 96 valence electrons. The van der Waals surface area contributed by atoms with Crippen LogP contribution in [0.2, 0.25) is 0 Å². The maximum atomic E-state index is 12.0. The van der Waals surface area contributed by atoms with Crippen molar-refractivity contribution < 1.29 is 9.90 Å². The molecule has 0 fully saturated rings. The van der Waals surface area contributed by atoms with Gasteiger partial charge in [-0.25, -0.2) is 4.98 Å². The van der Waals surface area contributed by atoms with Gasteiger partial charge in [0.2, 0.25) is 0 Å². The number of carbonyl (C=O) groups excluding carboxylic acids is 1. The molecule has 0 bridgehead atoms. The number of aliphatic hydroxyl groups is 1. The van der Waals surface area contributed by atoms with E-state index in [2.05, 4.69) is 10.3 Å². The number of rotatable bonds is 5. The maximum Gasteiger partial charge on any atom is 0.263 e. The first-order valence-corrected chi connectivity index (χ1v) is 6.63. The molecule has 1 amide bonds. The smallest absolute Gasteiger partial charge is 0.263 e. The predicted molar refractivity (Wildman–Crippen MR) is 69.4 cm³/mol. The van der Waals surface area contributed by atoms with Crippen molar-refractivity contribution in [3.05, 3.63) is 15.6 Å². The summed E-state index contributed by atoms with van der Waals surface area (Å²) < 4.78 is 0. The van der Waals surface area contributed by atoms with Gasteiger partial charge in [-0.15, -0.1) is 11.3 Å². The lowest BCUT2D eigenvalue weighted by Gasteiger charge is -2.21. The van der Waals surface area contributed by atoms with Crippen molar-refractivity contribution in [1.29, 1.82) is 0 Å². The van der Waals surface area contributed by atoms with Gasteiger partial charge in [-0.1, -0.05) is 13.8 Å². The van der Waals surface area contributed by atoms with Gasteiger partial charge in [0.25, 0.3) is 5.91 Å². The molecule has 0 saturated carbocycles. The third-order valence-electron chi connectivity index (χ3n) is 2.67. The molecule has 0 spiro atoms. The molecule has 1 unspecified atom stereocenters. The van der Waals surface area contributed by atoms with E-state index in [9.17, 15) is 4.79 Å². The Labute approximate surface area is 106 Å². The van der Waals surface area contributed by atoms with Crippen LogP contribution in [-0.2, 0) is 0 Å². The molecular weight excluding hydrogens is 236 g/mol. The van der Waals surface area contributed by atoms with Crippen molar-refractivity contribution in [1.82, 2.24) is 10.3 Å². The van der Waals surface area contributed by atoms with Crippen LogP contribution in [0, 0.1) is 19.8 Å². The van der Waals surface area contributed by atoms with Crippen LogP contribution in [-0.4, -0.2) is 28.6 Å². The fourth-order valence-corrected chi connectivity index (χ4v) is 2.51. The minimum Gasteiger partial charge on any atom is -0.396 e. The Bertz CT molecular complexity index is 388. The van der Waals surface area contributed by atoms with Crippen LogP contribution in [0.3, 0.4) is 0 Å². The van der Waals surface area contributed by atoms with E-state index in [1.165, 1.54) is 11.3 Å². The molecule has 0 aliphatic heterocycles. The normalized spacial score (nSPS) is 12.8. The predicted octanol–water partition coefficient (Wildman–Crippen LogP) is 1.90. The molecule has 2 N–H and O–H groups in total. The Balaban J connectivity index is 2.73. The average Bonchev–Trinajstić information content (AvgIpc) is 2.57. The number of aryl methyl sites for hydroxylation is 2. The van der Waals surface area contributed by atoms with Gasteiger partial charge in [0, 0.05) is 12.6 Å². The first-order valence-electron chi connectivity index (χ1n) is 5.81. The standard InChI is InChI=1S/C12H20N2O2S/c1-7(2)10(5-6-15)14-12(16)11-8(3)13-9(4)17-11/h7,10,15H,5-6H2,1-4H3,(H,14,16). The van der Waals surface area contributed by atoms with E-state index in [1.54, 1.807) is 0 Å². The summed E-state index contributed by atoms with van der Waals surface area (Å²) in [6.07, 6.45) is 0.584. The van der Waals surface area contributed by atoms with E-state index in [-0.39, 0.29) is 18.6 Å². The van der Waals surface area contributed by atoms with Crippen LogP contribution < -0.4 is 5.32 Å². The second kappa shape index (κ2) is 6.12. The number of aliphatic hydroxyl groups excluding tert-OH is 1. The second-order valence-electron chi connectivity index (χ2n) is 4.48. The summed E-state index contributed by atoms with van der Waals surface area (Å²) in [7, 11) is 0. The Morgan fingerprint density at radius 3 is 2.53 bits per heavy atom. The molecule has 1 rings (SSSR count). The molecule has 0 aromatic carbocycles. The average molecular weight is 256 g/mol. The highest BCUT2D eigenvalue weighted by atomic mass is 32.1. The van der Waals surface area contributed by atoms with Gasteiger partial charge in [0.1, 0.15) is 4.88 Å². The SMILES string of the molecule is Cc1nc(C)c(C(=O)NC(CCO)C(C)C)s1. The largest absolute Gasteiger partial charge is 0.396 e. The van der Waals surface area contributed by atoms with Gasteiger partial charge in [0.05, 0.1) is 10.7 Å². The fraction of sp³-hybridized carbons (Fsp3) is 0.667. The summed E-state index contributed by atoms with van der Waals surface area (Å²) in [4.78, 5) is 17.0. The van der Waals surface area contributed by atoms with Gasteiger partial charge >= 0.3 is 0 Å². The lowest BCUT2D eigenvalue weighted by atomic mass is 10.0. The van der Waals surface area contributed by atoms with E-state index in [4.69, 9.17) is 5.11 Å². The molecular formula is C12H20N2O2S. The topological polar surface area (TPSA) is 62.2 Å². The monoisotopic (exact) mass is 256 g/mol. The number of hydrogen-bond donors (Lipinski definition) is 2. The van der Waals surface area contributed by atoms with E-state index in [0.717, 1.165) is 10.7 Å². The molecule has 0 aliphatic rings. The Hall–Kier alpha value is -0.940. The highest BCUT2D eigenvalue weighted by Gasteiger charge is 2.19. The van der Waals surface area contributed by atoms with Crippen LogP contribution in [0.4, 0.5) is 0 Å². The molecule has 1 heterocycles. The van der Waals surface area contributed by atoms with Crippen LogP contribution in [0.15, 0.2) is 0 Å². The van der Waals surface area contributed by atoms with Crippen molar-refractivity contribution in [2.75, 3.05) is 6.61 Å².